The number of nitrogens with one attached hydrogen (secondary N) is 1. The molecule has 0 aromatic rings. The summed E-state index contributed by atoms with van der Waals surface area (Å²) in [6.07, 6.45) is 2.34. The fraction of sp³-hybridized carbons (Fsp3) is 0.750. The van der Waals surface area contributed by atoms with Crippen molar-refractivity contribution in [3.8, 4) is 0 Å². The molecule has 34 valence electrons. The van der Waals surface area contributed by atoms with Gasteiger partial charge in [0.25, 0.3) is 0 Å². The predicted molar refractivity (Wildman–Crippen MR) is 29.8 cm³/mol. The number of rotatable bonds is 0. The lowest BCUT2D eigenvalue weighted by Crippen LogP contribution is -2.10. The number of thiocarbonyl (C=S) groups is 1. The molecule has 0 bridgehead atoms. The molecule has 0 radical (unpaired) electrons. The molecule has 1 saturated heterocycles. The van der Waals surface area contributed by atoms with Gasteiger partial charge in [-0.2, -0.15) is 0 Å². The summed E-state index contributed by atoms with van der Waals surface area (Å²) >= 11 is 4.81. The maximum Gasteiger partial charge on any atom is 0.0754 e. The average Bonchev–Trinajstić information content (AvgIpc) is 1.86. The Morgan fingerprint density at radius 1 is 1.67 bits per heavy atom. The van der Waals surface area contributed by atoms with Crippen molar-refractivity contribution in [1.82, 2.24) is 5.32 Å². The van der Waals surface area contributed by atoms with E-state index in [0.29, 0.717) is 0 Å². The SMILES string of the molecule is S=C1CCCN1. The molecule has 1 heterocycles. The van der Waals surface area contributed by atoms with Gasteiger partial charge in [0.1, 0.15) is 0 Å². The van der Waals surface area contributed by atoms with E-state index in [-0.39, 0.29) is 0 Å². The normalized spacial score (nSPS) is 21.0. The fourth-order valence-electron chi connectivity index (χ4n) is 0.565. The van der Waals surface area contributed by atoms with Crippen LogP contribution in [0.4, 0.5) is 0 Å². The van der Waals surface area contributed by atoms with Gasteiger partial charge in [0.15, 0.2) is 0 Å². The molecule has 6 heavy (non-hydrogen) atoms. The van der Waals surface area contributed by atoms with E-state index in [9.17, 15) is 0 Å². The number of hydrogen-bond donors (Lipinski definition) is 1. The van der Waals surface area contributed by atoms with Crippen LogP contribution in [0, 0.1) is 0 Å². The summed E-state index contributed by atoms with van der Waals surface area (Å²) in [4.78, 5) is 1.04. The molecule has 1 rings (SSSR count). The molecule has 1 aliphatic rings. The van der Waals surface area contributed by atoms with Crippen molar-refractivity contribution in [3.05, 3.63) is 0 Å². The van der Waals surface area contributed by atoms with E-state index >= 15 is 0 Å². The smallest absolute Gasteiger partial charge is 0.0754 e. The summed E-state index contributed by atoms with van der Waals surface area (Å²) in [6, 6.07) is 0. The van der Waals surface area contributed by atoms with Gasteiger partial charge in [0, 0.05) is 6.54 Å². The van der Waals surface area contributed by atoms with Gasteiger partial charge in [-0.15, -0.1) is 0 Å². The van der Waals surface area contributed by atoms with E-state index < -0.39 is 0 Å². The predicted octanol–water partition coefficient (Wildman–Crippen LogP) is 0.697. The van der Waals surface area contributed by atoms with E-state index in [1.54, 1.807) is 0 Å². The van der Waals surface area contributed by atoms with Gasteiger partial charge in [-0.1, -0.05) is 12.2 Å². The highest BCUT2D eigenvalue weighted by Crippen LogP contribution is 1.96. The summed E-state index contributed by atoms with van der Waals surface area (Å²) in [5, 5.41) is 3.05. The molecular weight excluding hydrogens is 94.1 g/mol. The standard InChI is InChI=1S/C4H7NS/c6-4-2-1-3-5-4/h1-3H2,(H,5,6). The third kappa shape index (κ3) is 0.684. The molecule has 1 nitrogen and oxygen atoms in total. The van der Waals surface area contributed by atoms with Crippen LogP contribution in [0.3, 0.4) is 0 Å². The molecule has 0 aromatic carbocycles. The topological polar surface area (TPSA) is 12.0 Å². The number of hydrogen-bond acceptors (Lipinski definition) is 1. The molecular formula is C4H7NS. The Morgan fingerprint density at radius 3 is 2.67 bits per heavy atom. The molecule has 0 spiro atoms. The first-order chi connectivity index (χ1) is 2.89. The largest absolute Gasteiger partial charge is 0.380 e. The molecule has 1 aliphatic heterocycles. The first-order valence-corrected chi connectivity index (χ1v) is 2.57. The van der Waals surface area contributed by atoms with E-state index in [1.807, 2.05) is 0 Å². The minimum atomic E-state index is 1.04. The summed E-state index contributed by atoms with van der Waals surface area (Å²) in [5.74, 6) is 0. The van der Waals surface area contributed by atoms with Crippen molar-refractivity contribution in [2.75, 3.05) is 6.54 Å². The Hall–Kier alpha value is -0.110. The Balaban J connectivity index is 2.37. The van der Waals surface area contributed by atoms with Crippen molar-refractivity contribution >= 4 is 17.2 Å². The zero-order valence-corrected chi connectivity index (χ0v) is 4.35. The van der Waals surface area contributed by atoms with Crippen molar-refractivity contribution < 1.29 is 0 Å². The van der Waals surface area contributed by atoms with Gasteiger partial charge in [-0.25, -0.2) is 0 Å². The average molecular weight is 101 g/mol. The van der Waals surface area contributed by atoms with Gasteiger partial charge < -0.3 is 5.32 Å². The highest BCUT2D eigenvalue weighted by Gasteiger charge is 2.01. The van der Waals surface area contributed by atoms with Gasteiger partial charge in [0.05, 0.1) is 4.99 Å². The quantitative estimate of drug-likeness (QED) is 0.451. The van der Waals surface area contributed by atoms with Crippen LogP contribution in [0.1, 0.15) is 12.8 Å². The van der Waals surface area contributed by atoms with Crippen LogP contribution >= 0.6 is 12.2 Å². The lowest BCUT2D eigenvalue weighted by Gasteiger charge is -1.84. The summed E-state index contributed by atoms with van der Waals surface area (Å²) in [5.41, 5.74) is 0. The van der Waals surface area contributed by atoms with Crippen LogP contribution in [0.25, 0.3) is 0 Å². The third-order valence-electron chi connectivity index (χ3n) is 0.903. The zero-order chi connectivity index (χ0) is 4.41. The van der Waals surface area contributed by atoms with E-state index in [0.717, 1.165) is 18.0 Å². The van der Waals surface area contributed by atoms with E-state index in [4.69, 9.17) is 12.2 Å². The van der Waals surface area contributed by atoms with Gasteiger partial charge in [0.2, 0.25) is 0 Å². The molecule has 0 saturated carbocycles. The highest BCUT2D eigenvalue weighted by atomic mass is 32.1. The maximum absolute atomic E-state index is 4.81. The van der Waals surface area contributed by atoms with Gasteiger partial charge in [-0.3, -0.25) is 0 Å². The molecule has 1 N–H and O–H groups in total. The third-order valence-corrected chi connectivity index (χ3v) is 1.25. The van der Waals surface area contributed by atoms with Crippen LogP contribution in [0.2, 0.25) is 0 Å². The monoisotopic (exact) mass is 101 g/mol. The molecule has 0 aliphatic carbocycles. The van der Waals surface area contributed by atoms with Crippen LogP contribution in [-0.4, -0.2) is 11.5 Å². The summed E-state index contributed by atoms with van der Waals surface area (Å²) in [6.45, 7) is 1.10. The first kappa shape index (κ1) is 4.06. The minimum absolute atomic E-state index is 1.04. The Kier molecular flexibility index (Phi) is 1.05. The van der Waals surface area contributed by atoms with E-state index in [1.165, 1.54) is 6.42 Å². The molecule has 0 atom stereocenters. The minimum Gasteiger partial charge on any atom is -0.380 e. The lowest BCUT2D eigenvalue weighted by molar-refractivity contribution is 0.913. The molecule has 1 fully saturated rings. The van der Waals surface area contributed by atoms with E-state index in [2.05, 4.69) is 5.32 Å². The second-order valence-corrected chi connectivity index (χ2v) is 1.95. The van der Waals surface area contributed by atoms with Crippen molar-refractivity contribution in [2.24, 2.45) is 0 Å². The molecule has 2 heteroatoms. The zero-order valence-electron chi connectivity index (χ0n) is 3.53. The van der Waals surface area contributed by atoms with Crippen LogP contribution in [0.5, 0.6) is 0 Å². The molecule has 0 unspecified atom stereocenters. The Labute approximate surface area is 42.7 Å². The maximum atomic E-state index is 4.81. The fourth-order valence-corrected chi connectivity index (χ4v) is 0.812. The molecule has 0 aromatic heterocycles. The second kappa shape index (κ2) is 1.56. The van der Waals surface area contributed by atoms with Gasteiger partial charge in [-0.05, 0) is 12.8 Å². The second-order valence-electron chi connectivity index (χ2n) is 1.45. The Morgan fingerprint density at radius 2 is 2.50 bits per heavy atom. The van der Waals surface area contributed by atoms with Crippen molar-refractivity contribution in [3.63, 3.8) is 0 Å². The Bertz CT molecular complexity index is 61.9. The lowest BCUT2D eigenvalue weighted by atomic mass is 10.4. The van der Waals surface area contributed by atoms with Crippen LogP contribution in [0.15, 0.2) is 0 Å². The highest BCUT2D eigenvalue weighted by molar-refractivity contribution is 7.80. The van der Waals surface area contributed by atoms with Crippen molar-refractivity contribution in [2.45, 2.75) is 12.8 Å². The summed E-state index contributed by atoms with van der Waals surface area (Å²) in [7, 11) is 0. The summed E-state index contributed by atoms with van der Waals surface area (Å²) < 4.78 is 0. The van der Waals surface area contributed by atoms with Crippen LogP contribution in [-0.2, 0) is 0 Å². The molecule has 0 amide bonds. The van der Waals surface area contributed by atoms with Crippen molar-refractivity contribution in [1.29, 1.82) is 0 Å². The first-order valence-electron chi connectivity index (χ1n) is 2.16. The van der Waals surface area contributed by atoms with Crippen LogP contribution < -0.4 is 5.32 Å². The van der Waals surface area contributed by atoms with Gasteiger partial charge >= 0.3 is 0 Å².